The molecular formula is C14H14F3N3O2. The van der Waals surface area contributed by atoms with E-state index in [4.69, 9.17) is 0 Å². The van der Waals surface area contributed by atoms with Crippen molar-refractivity contribution in [2.75, 3.05) is 6.54 Å². The van der Waals surface area contributed by atoms with Crippen LogP contribution in [0.25, 0.3) is 0 Å². The van der Waals surface area contributed by atoms with E-state index in [0.717, 1.165) is 12.5 Å². The van der Waals surface area contributed by atoms with Gasteiger partial charge in [0.1, 0.15) is 11.4 Å². The molecule has 0 saturated carbocycles. The summed E-state index contributed by atoms with van der Waals surface area (Å²) in [5.74, 6) is -0.683. The molecular weight excluding hydrogens is 299 g/mol. The normalized spacial score (nSPS) is 24.9. The number of carbonyl (C=O) groups is 2. The molecule has 22 heavy (non-hydrogen) atoms. The molecule has 8 heteroatoms. The number of alkyl halides is 3. The van der Waals surface area contributed by atoms with Crippen LogP contribution in [0.15, 0.2) is 18.2 Å². The van der Waals surface area contributed by atoms with Crippen molar-refractivity contribution in [2.24, 2.45) is 0 Å². The predicted molar refractivity (Wildman–Crippen MR) is 69.8 cm³/mol. The fraction of sp³-hybridized carbons (Fsp3) is 0.500. The minimum Gasteiger partial charge on any atom is -0.354 e. The first kappa shape index (κ1) is 14.8. The molecule has 5 nitrogen and oxygen atoms in total. The number of aromatic nitrogens is 1. The van der Waals surface area contributed by atoms with E-state index in [9.17, 15) is 22.8 Å². The Morgan fingerprint density at radius 1 is 1.27 bits per heavy atom. The zero-order chi connectivity index (χ0) is 15.9. The highest BCUT2D eigenvalue weighted by Gasteiger charge is 2.41. The highest BCUT2D eigenvalue weighted by Crippen LogP contribution is 2.31. The number of hydrogen-bond donors (Lipinski definition) is 1. The smallest absolute Gasteiger partial charge is 0.354 e. The number of halogens is 3. The molecule has 0 radical (unpaired) electrons. The lowest BCUT2D eigenvalue weighted by Gasteiger charge is -2.27. The zero-order valence-corrected chi connectivity index (χ0v) is 11.6. The molecule has 1 N–H and O–H groups in total. The third-order valence-electron chi connectivity index (χ3n) is 4.07. The Kier molecular flexibility index (Phi) is 3.54. The Labute approximate surface area is 124 Å². The van der Waals surface area contributed by atoms with Crippen LogP contribution in [0, 0.1) is 0 Å². The molecule has 2 unspecified atom stereocenters. The molecule has 2 aliphatic heterocycles. The molecule has 2 bridgehead atoms. The topological polar surface area (TPSA) is 62.3 Å². The van der Waals surface area contributed by atoms with E-state index >= 15 is 0 Å². The average molecular weight is 313 g/mol. The maximum absolute atomic E-state index is 12.7. The van der Waals surface area contributed by atoms with Crippen LogP contribution in [0.4, 0.5) is 13.2 Å². The maximum atomic E-state index is 12.7. The van der Waals surface area contributed by atoms with Gasteiger partial charge in [-0.3, -0.25) is 9.59 Å². The molecule has 0 aliphatic carbocycles. The van der Waals surface area contributed by atoms with Gasteiger partial charge in [0.05, 0.1) is 0 Å². The molecule has 2 amide bonds. The Bertz CT molecular complexity index is 618. The number of nitrogens with one attached hydrogen (secondary N) is 1. The lowest BCUT2D eigenvalue weighted by atomic mass is 10.1. The van der Waals surface area contributed by atoms with Gasteiger partial charge in [0.15, 0.2) is 0 Å². The van der Waals surface area contributed by atoms with Crippen molar-refractivity contribution in [2.45, 2.75) is 37.5 Å². The second-order valence-electron chi connectivity index (χ2n) is 5.51. The van der Waals surface area contributed by atoms with Crippen LogP contribution in [0.5, 0.6) is 0 Å². The van der Waals surface area contributed by atoms with E-state index in [-0.39, 0.29) is 30.1 Å². The highest BCUT2D eigenvalue weighted by molar-refractivity contribution is 5.93. The van der Waals surface area contributed by atoms with Crippen LogP contribution in [-0.4, -0.2) is 40.3 Å². The predicted octanol–water partition coefficient (Wildman–Crippen LogP) is 1.59. The van der Waals surface area contributed by atoms with Crippen molar-refractivity contribution in [1.29, 1.82) is 0 Å². The van der Waals surface area contributed by atoms with Crippen molar-refractivity contribution in [1.82, 2.24) is 15.2 Å². The minimum absolute atomic E-state index is 0.137. The number of pyridine rings is 1. The Morgan fingerprint density at radius 2 is 2.00 bits per heavy atom. The van der Waals surface area contributed by atoms with Gasteiger partial charge < -0.3 is 10.2 Å². The van der Waals surface area contributed by atoms with E-state index in [0.29, 0.717) is 13.0 Å². The fourth-order valence-electron chi connectivity index (χ4n) is 3.06. The first-order valence-corrected chi connectivity index (χ1v) is 7.00. The van der Waals surface area contributed by atoms with Crippen LogP contribution in [0.2, 0.25) is 0 Å². The number of carbonyl (C=O) groups excluding carboxylic acids is 2. The molecule has 3 rings (SSSR count). The summed E-state index contributed by atoms with van der Waals surface area (Å²) in [4.78, 5) is 29.1. The van der Waals surface area contributed by atoms with Gasteiger partial charge in [0.25, 0.3) is 5.91 Å². The molecule has 2 saturated heterocycles. The van der Waals surface area contributed by atoms with Crippen LogP contribution in [-0.2, 0) is 11.0 Å². The quantitative estimate of drug-likeness (QED) is 0.856. The molecule has 2 fully saturated rings. The molecule has 1 aromatic rings. The van der Waals surface area contributed by atoms with Gasteiger partial charge in [-0.05, 0) is 25.0 Å². The summed E-state index contributed by atoms with van der Waals surface area (Å²) >= 11 is 0. The zero-order valence-electron chi connectivity index (χ0n) is 11.6. The molecule has 0 aromatic carbocycles. The molecule has 118 valence electrons. The van der Waals surface area contributed by atoms with Gasteiger partial charge in [-0.1, -0.05) is 6.07 Å². The van der Waals surface area contributed by atoms with Gasteiger partial charge >= 0.3 is 6.18 Å². The van der Waals surface area contributed by atoms with E-state index < -0.39 is 17.8 Å². The lowest BCUT2D eigenvalue weighted by molar-refractivity contribution is -0.141. The highest BCUT2D eigenvalue weighted by atomic mass is 19.4. The van der Waals surface area contributed by atoms with Crippen molar-refractivity contribution < 1.29 is 22.8 Å². The maximum Gasteiger partial charge on any atom is 0.433 e. The van der Waals surface area contributed by atoms with Crippen molar-refractivity contribution in [3.8, 4) is 0 Å². The third-order valence-corrected chi connectivity index (χ3v) is 4.07. The minimum atomic E-state index is -4.59. The Balaban J connectivity index is 1.89. The summed E-state index contributed by atoms with van der Waals surface area (Å²) < 4.78 is 38.1. The summed E-state index contributed by atoms with van der Waals surface area (Å²) in [7, 11) is 0. The van der Waals surface area contributed by atoms with Crippen molar-refractivity contribution in [3.63, 3.8) is 0 Å². The van der Waals surface area contributed by atoms with Gasteiger partial charge in [-0.2, -0.15) is 13.2 Å². The second-order valence-corrected chi connectivity index (χ2v) is 5.51. The summed E-state index contributed by atoms with van der Waals surface area (Å²) in [6, 6.07) is 2.83. The SMILES string of the molecule is O=C1CC2CCC(CN1)N2C(=O)c1cccc(C(F)(F)F)n1. The summed E-state index contributed by atoms with van der Waals surface area (Å²) in [6.07, 6.45) is -2.99. The van der Waals surface area contributed by atoms with Gasteiger partial charge in [-0.15, -0.1) is 0 Å². The Morgan fingerprint density at radius 3 is 2.73 bits per heavy atom. The van der Waals surface area contributed by atoms with E-state index in [1.165, 1.54) is 17.0 Å². The number of amides is 2. The van der Waals surface area contributed by atoms with Gasteiger partial charge in [0, 0.05) is 25.0 Å². The molecule has 2 aliphatic rings. The first-order chi connectivity index (χ1) is 10.4. The summed E-state index contributed by atoms with van der Waals surface area (Å²) in [5.41, 5.74) is -1.32. The number of rotatable bonds is 1. The molecule has 3 heterocycles. The molecule has 1 aromatic heterocycles. The second kappa shape index (κ2) is 5.26. The van der Waals surface area contributed by atoms with Crippen LogP contribution >= 0.6 is 0 Å². The average Bonchev–Trinajstić information content (AvgIpc) is 2.77. The summed E-state index contributed by atoms with van der Waals surface area (Å²) in [6.45, 7) is 0.333. The van der Waals surface area contributed by atoms with Crippen molar-refractivity contribution >= 4 is 11.8 Å². The van der Waals surface area contributed by atoms with E-state index in [2.05, 4.69) is 10.3 Å². The van der Waals surface area contributed by atoms with Gasteiger partial charge in [-0.25, -0.2) is 4.98 Å². The third kappa shape index (κ3) is 2.65. The fourth-order valence-corrected chi connectivity index (χ4v) is 3.06. The van der Waals surface area contributed by atoms with E-state index in [1.54, 1.807) is 0 Å². The lowest BCUT2D eigenvalue weighted by Crippen LogP contribution is -2.43. The Hall–Kier alpha value is -2.12. The van der Waals surface area contributed by atoms with Crippen LogP contribution < -0.4 is 5.32 Å². The van der Waals surface area contributed by atoms with Crippen LogP contribution in [0.3, 0.4) is 0 Å². The van der Waals surface area contributed by atoms with Crippen LogP contribution in [0.1, 0.15) is 35.4 Å². The molecule has 2 atom stereocenters. The first-order valence-electron chi connectivity index (χ1n) is 7.00. The monoisotopic (exact) mass is 313 g/mol. The number of fused-ring (bicyclic) bond motifs is 2. The van der Waals surface area contributed by atoms with E-state index in [1.807, 2.05) is 0 Å². The molecule has 0 spiro atoms. The number of nitrogens with zero attached hydrogens (tertiary/aromatic N) is 2. The van der Waals surface area contributed by atoms with Crippen molar-refractivity contribution in [3.05, 3.63) is 29.6 Å². The summed E-state index contributed by atoms with van der Waals surface area (Å²) in [5, 5.41) is 2.71. The standard InChI is InChI=1S/C14H14F3N3O2/c15-14(16,17)11-3-1-2-10(19-11)13(22)20-8-4-5-9(20)7-18-12(21)6-8/h1-3,8-9H,4-7H2,(H,18,21). The van der Waals surface area contributed by atoms with Gasteiger partial charge in [0.2, 0.25) is 5.91 Å². The number of hydrogen-bond acceptors (Lipinski definition) is 3. The largest absolute Gasteiger partial charge is 0.433 e.